The number of hydrogen-bond donors (Lipinski definition) is 1. The summed E-state index contributed by atoms with van der Waals surface area (Å²) in [4.78, 5) is 32.6. The Hall–Kier alpha value is -3.64. The number of rotatable bonds is 3. The molecule has 0 saturated heterocycles. The maximum Gasteiger partial charge on any atom is 0.291 e. The van der Waals surface area contributed by atoms with Crippen LogP contribution in [0.4, 0.5) is 0 Å². The van der Waals surface area contributed by atoms with Crippen LogP contribution >= 0.6 is 11.6 Å². The van der Waals surface area contributed by atoms with E-state index in [9.17, 15) is 14.7 Å². The minimum Gasteiger partial charge on any atom is -0.508 e. The van der Waals surface area contributed by atoms with Crippen LogP contribution < -0.4 is 5.43 Å². The molecule has 0 aliphatic carbocycles. The quantitative estimate of drug-likeness (QED) is 0.511. The molecule has 3 heterocycles. The summed E-state index contributed by atoms with van der Waals surface area (Å²) >= 11 is 6.25. The van der Waals surface area contributed by atoms with Crippen LogP contribution in [0.15, 0.2) is 70.1 Å². The van der Waals surface area contributed by atoms with Gasteiger partial charge >= 0.3 is 0 Å². The highest BCUT2D eigenvalue weighted by Crippen LogP contribution is 2.40. The Morgan fingerprint density at radius 2 is 2.00 bits per heavy atom. The van der Waals surface area contributed by atoms with Crippen LogP contribution in [0.1, 0.15) is 38.9 Å². The first kappa shape index (κ1) is 19.3. The molecule has 0 radical (unpaired) electrons. The van der Waals surface area contributed by atoms with Crippen molar-refractivity contribution in [3.8, 4) is 5.75 Å². The number of fused-ring (bicyclic) bond motifs is 2. The fraction of sp³-hybridized carbons (Fsp3) is 0.125. The molecule has 6 nitrogen and oxygen atoms in total. The third kappa shape index (κ3) is 3.16. The molecular weight excluding hydrogens is 416 g/mol. The Kier molecular flexibility index (Phi) is 4.52. The SMILES string of the molecule is Cc1cc2oc3c(c(=O)c2cc1Cl)C(c1cccc(O)c1)N(Cc1cccnc1)C3=O. The smallest absolute Gasteiger partial charge is 0.291 e. The number of aromatic hydroxyl groups is 1. The molecule has 0 saturated carbocycles. The molecule has 1 N–H and O–H groups in total. The Balaban J connectivity index is 1.76. The van der Waals surface area contributed by atoms with Crippen molar-refractivity contribution >= 4 is 28.5 Å². The van der Waals surface area contributed by atoms with Gasteiger partial charge in [-0.25, -0.2) is 0 Å². The molecule has 1 unspecified atom stereocenters. The molecule has 2 aromatic carbocycles. The Morgan fingerprint density at radius 1 is 1.16 bits per heavy atom. The van der Waals surface area contributed by atoms with Crippen LogP contribution in [0.3, 0.4) is 0 Å². The van der Waals surface area contributed by atoms with E-state index in [-0.39, 0.29) is 29.0 Å². The summed E-state index contributed by atoms with van der Waals surface area (Å²) in [5.74, 6) is -0.334. The summed E-state index contributed by atoms with van der Waals surface area (Å²) in [6, 6.07) is 12.7. The molecule has 1 aliphatic heterocycles. The van der Waals surface area contributed by atoms with Gasteiger partial charge in [0.05, 0.1) is 17.0 Å². The van der Waals surface area contributed by atoms with Crippen molar-refractivity contribution in [1.82, 2.24) is 9.88 Å². The topological polar surface area (TPSA) is 83.6 Å². The zero-order valence-corrected chi connectivity index (χ0v) is 17.3. The van der Waals surface area contributed by atoms with Gasteiger partial charge in [-0.1, -0.05) is 29.8 Å². The summed E-state index contributed by atoms with van der Waals surface area (Å²) in [5.41, 5.74) is 2.42. The van der Waals surface area contributed by atoms with Gasteiger partial charge in [-0.15, -0.1) is 0 Å². The average molecular weight is 433 g/mol. The monoisotopic (exact) mass is 432 g/mol. The van der Waals surface area contributed by atoms with Crippen molar-refractivity contribution in [3.05, 3.63) is 104 Å². The fourth-order valence-corrected chi connectivity index (χ4v) is 4.20. The standard InChI is InChI=1S/C24H17ClN2O4/c1-13-8-19-17(10-18(13)25)22(29)20-21(15-5-2-6-16(28)9-15)27(24(30)23(20)31-19)12-14-4-3-7-26-11-14/h2-11,21,28H,12H2,1H3. The minimum atomic E-state index is -0.712. The number of aromatic nitrogens is 1. The van der Waals surface area contributed by atoms with E-state index in [0.29, 0.717) is 21.6 Å². The molecular formula is C24H17ClN2O4. The molecule has 31 heavy (non-hydrogen) atoms. The number of pyridine rings is 1. The molecule has 1 amide bonds. The van der Waals surface area contributed by atoms with Crippen LogP contribution in [0, 0.1) is 6.92 Å². The predicted octanol–water partition coefficient (Wildman–Crippen LogP) is 4.60. The van der Waals surface area contributed by atoms with E-state index in [4.69, 9.17) is 16.0 Å². The summed E-state index contributed by atoms with van der Waals surface area (Å²) in [5, 5.41) is 10.8. The Morgan fingerprint density at radius 3 is 2.74 bits per heavy atom. The molecule has 154 valence electrons. The maximum absolute atomic E-state index is 13.5. The second-order valence-electron chi connectivity index (χ2n) is 7.56. The minimum absolute atomic E-state index is 0.0106. The second kappa shape index (κ2) is 7.25. The maximum atomic E-state index is 13.5. The number of phenolic OH excluding ortho intramolecular Hbond substituents is 1. The van der Waals surface area contributed by atoms with Gasteiger partial charge in [0.25, 0.3) is 5.91 Å². The van der Waals surface area contributed by atoms with Crippen molar-refractivity contribution < 1.29 is 14.3 Å². The second-order valence-corrected chi connectivity index (χ2v) is 7.97. The zero-order chi connectivity index (χ0) is 21.7. The van der Waals surface area contributed by atoms with E-state index in [1.807, 2.05) is 6.07 Å². The van der Waals surface area contributed by atoms with E-state index < -0.39 is 11.9 Å². The largest absolute Gasteiger partial charge is 0.508 e. The van der Waals surface area contributed by atoms with E-state index in [2.05, 4.69) is 4.98 Å². The highest BCUT2D eigenvalue weighted by molar-refractivity contribution is 6.32. The molecule has 0 bridgehead atoms. The third-order valence-electron chi connectivity index (χ3n) is 5.51. The Bertz CT molecular complexity index is 1400. The van der Waals surface area contributed by atoms with E-state index in [0.717, 1.165) is 11.1 Å². The van der Waals surface area contributed by atoms with Crippen molar-refractivity contribution in [2.45, 2.75) is 19.5 Å². The molecule has 0 spiro atoms. The molecule has 0 fully saturated rings. The number of phenols is 1. The summed E-state index contributed by atoms with van der Waals surface area (Å²) in [6.45, 7) is 2.04. The number of amides is 1. The highest BCUT2D eigenvalue weighted by Gasteiger charge is 2.42. The van der Waals surface area contributed by atoms with Crippen LogP contribution in [0.25, 0.3) is 11.0 Å². The van der Waals surface area contributed by atoms with Crippen molar-refractivity contribution in [2.24, 2.45) is 0 Å². The predicted molar refractivity (Wildman–Crippen MR) is 116 cm³/mol. The number of benzene rings is 2. The number of aryl methyl sites for hydroxylation is 1. The lowest BCUT2D eigenvalue weighted by atomic mass is 9.98. The zero-order valence-electron chi connectivity index (χ0n) is 16.5. The van der Waals surface area contributed by atoms with Crippen molar-refractivity contribution in [3.63, 3.8) is 0 Å². The number of hydrogen-bond acceptors (Lipinski definition) is 5. The molecule has 7 heteroatoms. The lowest BCUT2D eigenvalue weighted by Gasteiger charge is -2.25. The van der Waals surface area contributed by atoms with Gasteiger partial charge < -0.3 is 14.4 Å². The molecule has 1 aliphatic rings. The lowest BCUT2D eigenvalue weighted by Crippen LogP contribution is -2.29. The fourth-order valence-electron chi connectivity index (χ4n) is 4.03. The number of carbonyl (C=O) groups is 1. The Labute approximate surface area is 182 Å². The molecule has 4 aromatic rings. The van der Waals surface area contributed by atoms with Gasteiger partial charge in [-0.2, -0.15) is 0 Å². The first-order valence-electron chi connectivity index (χ1n) is 9.69. The first-order chi connectivity index (χ1) is 14.9. The van der Waals surface area contributed by atoms with Crippen LogP contribution in [0.2, 0.25) is 5.02 Å². The van der Waals surface area contributed by atoms with Gasteiger partial charge in [0.15, 0.2) is 5.43 Å². The summed E-state index contributed by atoms with van der Waals surface area (Å²) in [7, 11) is 0. The van der Waals surface area contributed by atoms with Crippen LogP contribution in [-0.4, -0.2) is 20.9 Å². The first-order valence-corrected chi connectivity index (χ1v) is 10.1. The van der Waals surface area contributed by atoms with E-state index in [1.54, 1.807) is 60.6 Å². The summed E-state index contributed by atoms with van der Waals surface area (Å²) in [6.07, 6.45) is 3.32. The highest BCUT2D eigenvalue weighted by atomic mass is 35.5. The van der Waals surface area contributed by atoms with Gasteiger partial charge in [0.2, 0.25) is 5.76 Å². The van der Waals surface area contributed by atoms with Gasteiger partial charge in [0.1, 0.15) is 11.3 Å². The number of halogens is 1. The molecule has 1 atom stereocenters. The van der Waals surface area contributed by atoms with E-state index in [1.165, 1.54) is 6.07 Å². The van der Waals surface area contributed by atoms with Gasteiger partial charge in [-0.3, -0.25) is 14.6 Å². The molecule has 5 rings (SSSR count). The van der Waals surface area contributed by atoms with E-state index >= 15 is 0 Å². The normalized spacial score (nSPS) is 15.5. The third-order valence-corrected chi connectivity index (χ3v) is 5.92. The van der Waals surface area contributed by atoms with Crippen LogP contribution in [-0.2, 0) is 6.54 Å². The molecule has 2 aromatic heterocycles. The number of carbonyl (C=O) groups excluding carboxylic acids is 1. The van der Waals surface area contributed by atoms with Crippen molar-refractivity contribution in [1.29, 1.82) is 0 Å². The van der Waals surface area contributed by atoms with Crippen LogP contribution in [0.5, 0.6) is 5.75 Å². The summed E-state index contributed by atoms with van der Waals surface area (Å²) < 4.78 is 5.96. The van der Waals surface area contributed by atoms with Gasteiger partial charge in [-0.05, 0) is 53.9 Å². The lowest BCUT2D eigenvalue weighted by molar-refractivity contribution is 0.0714. The average Bonchev–Trinajstić information content (AvgIpc) is 3.03. The van der Waals surface area contributed by atoms with Gasteiger partial charge in [0, 0.05) is 24.0 Å². The van der Waals surface area contributed by atoms with Crippen molar-refractivity contribution in [2.75, 3.05) is 0 Å². The number of nitrogens with zero attached hydrogens (tertiary/aromatic N) is 2.